The molecule has 0 spiro atoms. The number of nitrogens with zero attached hydrogens (tertiary/aromatic N) is 1. The van der Waals surface area contributed by atoms with Crippen LogP contribution in [0, 0.1) is 0 Å². The van der Waals surface area contributed by atoms with E-state index in [0.717, 1.165) is 12.8 Å². The maximum atomic E-state index is 11.9. The maximum Gasteiger partial charge on any atom is 0.448 e. The second-order valence-electron chi connectivity index (χ2n) is 2.36. The van der Waals surface area contributed by atoms with Crippen molar-refractivity contribution >= 4 is 5.84 Å². The minimum Gasteiger partial charge on any atom is -0.366 e. The van der Waals surface area contributed by atoms with Crippen LogP contribution in [0.15, 0.2) is 4.99 Å². The van der Waals surface area contributed by atoms with Gasteiger partial charge in [0.05, 0.1) is 0 Å². The molecule has 0 aliphatic carbocycles. The summed E-state index contributed by atoms with van der Waals surface area (Å²) in [6.45, 7) is 0.653. The van der Waals surface area contributed by atoms with Gasteiger partial charge in [0.15, 0.2) is 0 Å². The monoisotopic (exact) mass is 166 g/mol. The van der Waals surface area contributed by atoms with Crippen LogP contribution in [0.2, 0.25) is 0 Å². The molecule has 0 unspecified atom stereocenters. The van der Waals surface area contributed by atoms with Crippen LogP contribution in [-0.4, -0.2) is 25.1 Å². The van der Waals surface area contributed by atoms with Crippen LogP contribution < -0.4 is 5.32 Å². The highest BCUT2D eigenvalue weighted by Crippen LogP contribution is 2.16. The van der Waals surface area contributed by atoms with Gasteiger partial charge in [-0.1, -0.05) is 0 Å². The molecule has 0 saturated carbocycles. The summed E-state index contributed by atoms with van der Waals surface area (Å²) in [7, 11) is 0. The summed E-state index contributed by atoms with van der Waals surface area (Å²) in [4.78, 5) is 3.38. The molecule has 0 bridgehead atoms. The molecule has 2 nitrogen and oxygen atoms in total. The molecule has 0 saturated heterocycles. The Bertz CT molecular complexity index is 162. The minimum atomic E-state index is -4.30. The third-order valence-electron chi connectivity index (χ3n) is 1.42. The molecule has 1 rings (SSSR count). The largest absolute Gasteiger partial charge is 0.448 e. The first kappa shape index (κ1) is 8.36. The predicted octanol–water partition coefficient (Wildman–Crippen LogP) is 1.33. The zero-order valence-corrected chi connectivity index (χ0v) is 5.91. The van der Waals surface area contributed by atoms with Crippen LogP contribution in [0.4, 0.5) is 13.2 Å². The third kappa shape index (κ3) is 2.40. The Hall–Kier alpha value is -0.740. The Morgan fingerprint density at radius 3 is 2.64 bits per heavy atom. The standard InChI is InChI=1S/C6H9F3N2/c7-6(8,9)5-10-3-1-2-4-11-5/h1-4H2,(H,10,11). The number of hydrogen-bond donors (Lipinski definition) is 1. The fourth-order valence-corrected chi connectivity index (χ4v) is 0.880. The number of nitrogens with one attached hydrogen (secondary N) is 1. The van der Waals surface area contributed by atoms with Gasteiger partial charge in [0, 0.05) is 13.1 Å². The molecule has 0 amide bonds. The van der Waals surface area contributed by atoms with E-state index in [9.17, 15) is 13.2 Å². The highest BCUT2D eigenvalue weighted by molar-refractivity contribution is 5.87. The summed E-state index contributed by atoms with van der Waals surface area (Å²) in [6.07, 6.45) is -2.82. The van der Waals surface area contributed by atoms with Crippen molar-refractivity contribution in [3.05, 3.63) is 0 Å². The van der Waals surface area contributed by atoms with E-state index in [-0.39, 0.29) is 6.54 Å². The SMILES string of the molecule is FC(F)(F)C1=NCCCCN1. The Kier molecular flexibility index (Phi) is 2.36. The summed E-state index contributed by atoms with van der Waals surface area (Å²) >= 11 is 0. The van der Waals surface area contributed by atoms with Gasteiger partial charge in [0.2, 0.25) is 5.84 Å². The van der Waals surface area contributed by atoms with Gasteiger partial charge >= 0.3 is 6.18 Å². The minimum absolute atomic E-state index is 0.280. The lowest BCUT2D eigenvalue weighted by atomic mass is 10.3. The first-order valence-corrected chi connectivity index (χ1v) is 3.46. The third-order valence-corrected chi connectivity index (χ3v) is 1.42. The lowest BCUT2D eigenvalue weighted by molar-refractivity contribution is -0.0618. The highest BCUT2D eigenvalue weighted by Gasteiger charge is 2.35. The molecule has 1 aliphatic heterocycles. The van der Waals surface area contributed by atoms with Crippen molar-refractivity contribution in [1.29, 1.82) is 0 Å². The lowest BCUT2D eigenvalue weighted by Crippen LogP contribution is -2.36. The predicted molar refractivity (Wildman–Crippen MR) is 35.6 cm³/mol. The van der Waals surface area contributed by atoms with Gasteiger partial charge in [-0.2, -0.15) is 13.2 Å². The van der Waals surface area contributed by atoms with E-state index >= 15 is 0 Å². The van der Waals surface area contributed by atoms with Crippen molar-refractivity contribution in [2.75, 3.05) is 13.1 Å². The molecule has 1 aliphatic rings. The Labute approximate surface area is 62.5 Å². The topological polar surface area (TPSA) is 24.4 Å². The fourth-order valence-electron chi connectivity index (χ4n) is 0.880. The molecule has 5 heteroatoms. The number of hydrogen-bond acceptors (Lipinski definition) is 2. The smallest absolute Gasteiger partial charge is 0.366 e. The number of rotatable bonds is 0. The van der Waals surface area contributed by atoms with Crippen LogP contribution in [0.5, 0.6) is 0 Å². The Morgan fingerprint density at radius 1 is 1.27 bits per heavy atom. The first-order chi connectivity index (χ1) is 5.11. The zero-order chi connectivity index (χ0) is 8.32. The summed E-state index contributed by atoms with van der Waals surface area (Å²) in [5.74, 6) is -0.824. The molecule has 0 aromatic heterocycles. The summed E-state index contributed by atoms with van der Waals surface area (Å²) in [6, 6.07) is 0. The van der Waals surface area contributed by atoms with E-state index in [1.807, 2.05) is 0 Å². The molecular formula is C6H9F3N2. The van der Waals surface area contributed by atoms with Gasteiger partial charge in [-0.15, -0.1) is 0 Å². The molecule has 0 aromatic carbocycles. The normalized spacial score (nSPS) is 20.1. The van der Waals surface area contributed by atoms with Crippen LogP contribution in [0.3, 0.4) is 0 Å². The van der Waals surface area contributed by atoms with Crippen LogP contribution >= 0.6 is 0 Å². The van der Waals surface area contributed by atoms with Crippen LogP contribution in [0.1, 0.15) is 12.8 Å². The molecule has 0 atom stereocenters. The number of amidine groups is 1. The van der Waals surface area contributed by atoms with Gasteiger partial charge in [0.25, 0.3) is 0 Å². The van der Waals surface area contributed by atoms with Gasteiger partial charge in [-0.05, 0) is 12.8 Å². The second kappa shape index (κ2) is 3.11. The van der Waals surface area contributed by atoms with Crippen molar-refractivity contribution in [1.82, 2.24) is 5.32 Å². The van der Waals surface area contributed by atoms with Gasteiger partial charge in [0.1, 0.15) is 0 Å². The number of aliphatic imine (C=N–C) groups is 1. The number of alkyl halides is 3. The Balaban J connectivity index is 2.61. The quantitative estimate of drug-likeness (QED) is 0.576. The molecule has 1 heterocycles. The fraction of sp³-hybridized carbons (Fsp3) is 0.833. The van der Waals surface area contributed by atoms with Crippen LogP contribution in [0.25, 0.3) is 0 Å². The van der Waals surface area contributed by atoms with Crippen molar-refractivity contribution < 1.29 is 13.2 Å². The molecule has 0 fully saturated rings. The Morgan fingerprint density at radius 2 is 2.00 bits per heavy atom. The molecule has 11 heavy (non-hydrogen) atoms. The van der Waals surface area contributed by atoms with Crippen molar-refractivity contribution in [2.45, 2.75) is 19.0 Å². The van der Waals surface area contributed by atoms with Crippen LogP contribution in [-0.2, 0) is 0 Å². The number of halogens is 3. The van der Waals surface area contributed by atoms with Gasteiger partial charge < -0.3 is 5.32 Å². The maximum absolute atomic E-state index is 11.9. The van der Waals surface area contributed by atoms with E-state index in [0.29, 0.717) is 6.54 Å². The van der Waals surface area contributed by atoms with E-state index in [1.165, 1.54) is 0 Å². The van der Waals surface area contributed by atoms with E-state index in [2.05, 4.69) is 10.3 Å². The van der Waals surface area contributed by atoms with Gasteiger partial charge in [-0.25, -0.2) is 0 Å². The molecule has 0 aromatic rings. The highest BCUT2D eigenvalue weighted by atomic mass is 19.4. The average Bonchev–Trinajstić information content (AvgIpc) is 2.10. The van der Waals surface area contributed by atoms with E-state index in [1.54, 1.807) is 0 Å². The molecular weight excluding hydrogens is 157 g/mol. The van der Waals surface area contributed by atoms with Crippen molar-refractivity contribution in [3.63, 3.8) is 0 Å². The first-order valence-electron chi connectivity index (χ1n) is 3.46. The summed E-state index contributed by atoms with van der Waals surface area (Å²) in [5, 5.41) is 2.25. The average molecular weight is 166 g/mol. The summed E-state index contributed by atoms with van der Waals surface area (Å²) in [5.41, 5.74) is 0. The summed E-state index contributed by atoms with van der Waals surface area (Å²) < 4.78 is 35.8. The van der Waals surface area contributed by atoms with E-state index in [4.69, 9.17) is 0 Å². The van der Waals surface area contributed by atoms with Gasteiger partial charge in [-0.3, -0.25) is 4.99 Å². The molecule has 1 N–H and O–H groups in total. The van der Waals surface area contributed by atoms with Crippen molar-refractivity contribution in [2.24, 2.45) is 4.99 Å². The molecule has 0 radical (unpaired) electrons. The second-order valence-corrected chi connectivity index (χ2v) is 2.36. The van der Waals surface area contributed by atoms with Crippen molar-refractivity contribution in [3.8, 4) is 0 Å². The zero-order valence-electron chi connectivity index (χ0n) is 5.91. The lowest BCUT2D eigenvalue weighted by Gasteiger charge is -2.09. The molecule has 64 valence electrons. The van der Waals surface area contributed by atoms with E-state index < -0.39 is 12.0 Å².